The van der Waals surface area contributed by atoms with E-state index in [2.05, 4.69) is 27.4 Å². The van der Waals surface area contributed by atoms with E-state index >= 15 is 0 Å². The number of aliphatic hydroxyl groups is 1. The van der Waals surface area contributed by atoms with Gasteiger partial charge in [-0.1, -0.05) is 47.6 Å². The normalized spacial score (nSPS) is 43.0. The number of aliphatic hydroxyl groups excluding tert-OH is 1. The van der Waals surface area contributed by atoms with Crippen molar-refractivity contribution in [1.29, 1.82) is 0 Å². The van der Waals surface area contributed by atoms with E-state index in [4.69, 9.17) is 10.5 Å². The Balaban J connectivity index is 1.52. The number of rotatable bonds is 7. The molecule has 3 saturated carbocycles. The lowest BCUT2D eigenvalue weighted by molar-refractivity contribution is -0.205. The number of hydrogen-bond acceptors (Lipinski definition) is 7. The van der Waals surface area contributed by atoms with Crippen LogP contribution in [0.4, 0.5) is 0 Å². The monoisotopic (exact) mass is 562 g/mol. The zero-order valence-electron chi connectivity index (χ0n) is 24.8. The van der Waals surface area contributed by atoms with Crippen molar-refractivity contribution >= 4 is 29.4 Å². The molecule has 3 unspecified atom stereocenters. The van der Waals surface area contributed by atoms with Gasteiger partial charge in [0.1, 0.15) is 11.9 Å². The fourth-order valence-electron chi connectivity index (χ4n) is 8.44. The SMILES string of the molecule is C=C[C@]1(C)C[C@@H](OC(=O)CSC2CCN(C(=O)C(N)C(C)C)C2)[C@@]2(C)C3C(=O)CC[C@@]3(CC[C@H]2C)[C@@H](C)[C@@H]1O. The van der Waals surface area contributed by atoms with E-state index in [1.165, 1.54) is 11.8 Å². The van der Waals surface area contributed by atoms with Crippen LogP contribution >= 0.6 is 11.8 Å². The first-order chi connectivity index (χ1) is 18.2. The van der Waals surface area contributed by atoms with Gasteiger partial charge in [-0.3, -0.25) is 14.4 Å². The van der Waals surface area contributed by atoms with Gasteiger partial charge in [0.15, 0.2) is 0 Å². The van der Waals surface area contributed by atoms with Crippen molar-refractivity contribution in [2.24, 2.45) is 45.7 Å². The first-order valence-electron chi connectivity index (χ1n) is 14.9. The minimum absolute atomic E-state index is 0.0226. The Morgan fingerprint density at radius 2 is 1.95 bits per heavy atom. The number of likely N-dealkylation sites (tertiary alicyclic amines) is 1. The lowest BCUT2D eigenvalue weighted by atomic mass is 9.44. The molecular weight excluding hydrogens is 512 g/mol. The molecule has 4 rings (SSSR count). The van der Waals surface area contributed by atoms with Crippen LogP contribution in [-0.4, -0.2) is 70.0 Å². The van der Waals surface area contributed by atoms with E-state index in [0.717, 1.165) is 25.7 Å². The average Bonchev–Trinajstić information content (AvgIpc) is 3.52. The fraction of sp³-hybridized carbons (Fsp3) is 0.839. The summed E-state index contributed by atoms with van der Waals surface area (Å²) in [6.07, 6.45) is 5.12. The topological polar surface area (TPSA) is 110 Å². The first-order valence-corrected chi connectivity index (χ1v) is 16.0. The molecule has 1 amide bonds. The minimum atomic E-state index is -0.670. The van der Waals surface area contributed by atoms with Gasteiger partial charge in [0.05, 0.1) is 17.9 Å². The van der Waals surface area contributed by atoms with Crippen LogP contribution in [0.1, 0.15) is 80.1 Å². The van der Waals surface area contributed by atoms with Crippen molar-refractivity contribution in [3.63, 3.8) is 0 Å². The highest BCUT2D eigenvalue weighted by Gasteiger charge is 2.68. The standard InChI is InChI=1S/C31H50N2O5S/c1-8-29(6)15-23(38-24(35)17-39-21-11-14-33(16-21)28(37)25(32)18(2)3)30(7)19(4)9-12-31(20(5)27(29)36)13-10-22(34)26(30)31/h8,18-21,23,25-27,36H,1,9-17,32H2,2-7H3/t19-,20+,21?,23-,25?,26?,27+,29-,30+,31+/m1/s1. The van der Waals surface area contributed by atoms with Gasteiger partial charge in [-0.2, -0.15) is 0 Å². The highest BCUT2D eigenvalue weighted by Crippen LogP contribution is 2.68. The van der Waals surface area contributed by atoms with Crippen LogP contribution < -0.4 is 5.73 Å². The Morgan fingerprint density at radius 1 is 1.26 bits per heavy atom. The van der Waals surface area contributed by atoms with E-state index in [1.54, 1.807) is 0 Å². The highest BCUT2D eigenvalue weighted by atomic mass is 32.2. The Kier molecular flexibility index (Phi) is 8.72. The predicted octanol–water partition coefficient (Wildman–Crippen LogP) is 4.21. The molecule has 4 aliphatic rings. The Hall–Kier alpha value is -1.38. The van der Waals surface area contributed by atoms with Gasteiger partial charge in [-0.25, -0.2) is 0 Å². The third-order valence-corrected chi connectivity index (χ3v) is 12.7. The average molecular weight is 563 g/mol. The third kappa shape index (κ3) is 5.12. The fourth-order valence-corrected chi connectivity index (χ4v) is 9.44. The molecular formula is C31H50N2O5S. The molecule has 3 N–H and O–H groups in total. The summed E-state index contributed by atoms with van der Waals surface area (Å²) in [5.74, 6) is 0.154. The van der Waals surface area contributed by atoms with Crippen LogP contribution in [0, 0.1) is 39.9 Å². The lowest BCUT2D eigenvalue weighted by Gasteiger charge is -2.61. The van der Waals surface area contributed by atoms with Crippen LogP contribution in [0.2, 0.25) is 0 Å². The molecule has 0 aromatic heterocycles. The molecule has 1 aliphatic heterocycles. The number of amides is 1. The van der Waals surface area contributed by atoms with Gasteiger partial charge >= 0.3 is 5.97 Å². The summed E-state index contributed by atoms with van der Waals surface area (Å²) in [7, 11) is 0. The number of hydrogen-bond donors (Lipinski definition) is 2. The molecule has 1 heterocycles. The van der Waals surface area contributed by atoms with Gasteiger partial charge in [-0.15, -0.1) is 18.3 Å². The van der Waals surface area contributed by atoms with Crippen molar-refractivity contribution in [2.75, 3.05) is 18.8 Å². The number of carbonyl (C=O) groups is 3. The number of thioether (sulfide) groups is 1. The van der Waals surface area contributed by atoms with Crippen molar-refractivity contribution in [1.82, 2.24) is 4.90 Å². The number of nitrogens with two attached hydrogens (primary N) is 1. The zero-order valence-corrected chi connectivity index (χ0v) is 25.6. The van der Waals surface area contributed by atoms with E-state index < -0.39 is 29.1 Å². The Morgan fingerprint density at radius 3 is 2.59 bits per heavy atom. The number of carbonyl (C=O) groups excluding carboxylic acids is 3. The van der Waals surface area contributed by atoms with Crippen molar-refractivity contribution in [3.8, 4) is 0 Å². The van der Waals surface area contributed by atoms with Crippen LogP contribution in [-0.2, 0) is 19.1 Å². The summed E-state index contributed by atoms with van der Waals surface area (Å²) in [4.78, 5) is 41.4. The molecule has 2 bridgehead atoms. The van der Waals surface area contributed by atoms with E-state index in [9.17, 15) is 19.5 Å². The largest absolute Gasteiger partial charge is 0.461 e. The second-order valence-electron chi connectivity index (χ2n) is 13.8. The molecule has 8 heteroatoms. The second-order valence-corrected chi connectivity index (χ2v) is 15.1. The summed E-state index contributed by atoms with van der Waals surface area (Å²) in [6, 6.07) is -0.501. The summed E-state index contributed by atoms with van der Waals surface area (Å²) < 4.78 is 6.35. The van der Waals surface area contributed by atoms with Gasteiger partial charge in [0.2, 0.25) is 5.91 Å². The molecule has 220 valence electrons. The lowest BCUT2D eigenvalue weighted by Crippen LogP contribution is -2.63. The smallest absolute Gasteiger partial charge is 0.316 e. The molecule has 0 aromatic rings. The second kappa shape index (κ2) is 11.1. The summed E-state index contributed by atoms with van der Waals surface area (Å²) in [5, 5.41) is 11.8. The van der Waals surface area contributed by atoms with E-state index in [1.807, 2.05) is 31.7 Å². The summed E-state index contributed by atoms with van der Waals surface area (Å²) in [5.41, 5.74) is 4.65. The Labute approximate surface area is 239 Å². The van der Waals surface area contributed by atoms with E-state index in [0.29, 0.717) is 25.9 Å². The zero-order chi connectivity index (χ0) is 28.9. The molecule has 39 heavy (non-hydrogen) atoms. The number of ketones is 1. The summed E-state index contributed by atoms with van der Waals surface area (Å²) >= 11 is 1.53. The van der Waals surface area contributed by atoms with Crippen molar-refractivity contribution in [2.45, 2.75) is 104 Å². The first kappa shape index (κ1) is 30.6. The molecule has 0 spiro atoms. The van der Waals surface area contributed by atoms with Crippen LogP contribution in [0.5, 0.6) is 0 Å². The molecule has 10 atom stereocenters. The Bertz CT molecular complexity index is 988. The van der Waals surface area contributed by atoms with Crippen LogP contribution in [0.3, 0.4) is 0 Å². The number of Topliss-reactive ketones (excluding diaryl/α,β-unsaturated/α-hetero) is 1. The molecule has 7 nitrogen and oxygen atoms in total. The third-order valence-electron chi connectivity index (χ3n) is 11.5. The maximum absolute atomic E-state index is 13.5. The van der Waals surface area contributed by atoms with Gasteiger partial charge in [0, 0.05) is 41.5 Å². The molecule has 4 fully saturated rings. The van der Waals surface area contributed by atoms with E-state index in [-0.39, 0.29) is 57.7 Å². The number of ether oxygens (including phenoxy) is 1. The number of nitrogens with zero attached hydrogens (tertiary/aromatic N) is 1. The minimum Gasteiger partial charge on any atom is -0.461 e. The van der Waals surface area contributed by atoms with Gasteiger partial charge in [0.25, 0.3) is 0 Å². The molecule has 1 saturated heterocycles. The van der Waals surface area contributed by atoms with Crippen molar-refractivity contribution in [3.05, 3.63) is 12.7 Å². The highest BCUT2D eigenvalue weighted by molar-refractivity contribution is 8.00. The maximum atomic E-state index is 13.5. The van der Waals surface area contributed by atoms with Crippen molar-refractivity contribution < 1.29 is 24.2 Å². The number of esters is 1. The predicted molar refractivity (Wildman–Crippen MR) is 155 cm³/mol. The van der Waals surface area contributed by atoms with Crippen LogP contribution in [0.25, 0.3) is 0 Å². The molecule has 0 aromatic carbocycles. The van der Waals surface area contributed by atoms with Crippen LogP contribution in [0.15, 0.2) is 12.7 Å². The quantitative estimate of drug-likeness (QED) is 0.353. The summed E-state index contributed by atoms with van der Waals surface area (Å²) in [6.45, 7) is 17.7. The van der Waals surface area contributed by atoms with Gasteiger partial charge in [-0.05, 0) is 55.3 Å². The maximum Gasteiger partial charge on any atom is 0.316 e. The molecule has 3 aliphatic carbocycles. The molecule has 0 radical (unpaired) electrons. The van der Waals surface area contributed by atoms with Gasteiger partial charge < -0.3 is 20.5 Å².